The van der Waals surface area contributed by atoms with Crippen molar-refractivity contribution in [1.82, 2.24) is 14.6 Å². The first kappa shape index (κ1) is 11.5. The molecule has 3 nitrogen and oxygen atoms in total. The third kappa shape index (κ3) is 2.19. The van der Waals surface area contributed by atoms with E-state index < -0.39 is 12.0 Å². The van der Waals surface area contributed by atoms with Crippen LogP contribution in [0.4, 0.5) is 13.2 Å². The van der Waals surface area contributed by atoms with Crippen LogP contribution in [-0.4, -0.2) is 14.6 Å². The van der Waals surface area contributed by atoms with Crippen LogP contribution in [0.15, 0.2) is 18.2 Å². The molecule has 96 valence electrons. The van der Waals surface area contributed by atoms with E-state index in [1.807, 2.05) is 6.07 Å². The summed E-state index contributed by atoms with van der Waals surface area (Å²) in [6.45, 7) is 0. The van der Waals surface area contributed by atoms with Crippen molar-refractivity contribution in [1.29, 1.82) is 0 Å². The fourth-order valence-corrected chi connectivity index (χ4v) is 2.03. The van der Waals surface area contributed by atoms with Gasteiger partial charge >= 0.3 is 6.18 Å². The first-order valence-electron chi connectivity index (χ1n) is 5.96. The number of fused-ring (bicyclic) bond motifs is 1. The molecular formula is C12H12F3N3. The lowest BCUT2D eigenvalue weighted by Gasteiger charge is -2.02. The number of halogens is 3. The Hall–Kier alpha value is -1.59. The smallest absolute Gasteiger partial charge is 0.217 e. The molecule has 2 aromatic heterocycles. The second-order valence-electron chi connectivity index (χ2n) is 4.70. The van der Waals surface area contributed by atoms with Gasteiger partial charge in [-0.15, -0.1) is 5.10 Å². The third-order valence-electron chi connectivity index (χ3n) is 3.20. The molecule has 2 heterocycles. The van der Waals surface area contributed by atoms with E-state index in [0.717, 1.165) is 24.5 Å². The highest BCUT2D eigenvalue weighted by Gasteiger charge is 2.36. The van der Waals surface area contributed by atoms with Gasteiger partial charge in [-0.2, -0.15) is 13.2 Å². The van der Waals surface area contributed by atoms with E-state index >= 15 is 0 Å². The van der Waals surface area contributed by atoms with Crippen molar-refractivity contribution < 1.29 is 13.2 Å². The predicted octanol–water partition coefficient (Wildman–Crippen LogP) is 3.09. The zero-order valence-electron chi connectivity index (χ0n) is 9.61. The molecule has 0 amide bonds. The number of rotatable bonds is 3. The van der Waals surface area contributed by atoms with E-state index in [2.05, 4.69) is 10.1 Å². The van der Waals surface area contributed by atoms with Gasteiger partial charge < -0.3 is 0 Å². The maximum absolute atomic E-state index is 12.5. The second-order valence-corrected chi connectivity index (χ2v) is 4.70. The Morgan fingerprint density at radius 3 is 2.72 bits per heavy atom. The van der Waals surface area contributed by atoms with Gasteiger partial charge in [0.25, 0.3) is 5.82 Å². The maximum Gasteiger partial charge on any atom is 0.453 e. The Kier molecular flexibility index (Phi) is 2.53. The van der Waals surface area contributed by atoms with Gasteiger partial charge in [0.2, 0.25) is 0 Å². The molecule has 0 bridgehead atoms. The van der Waals surface area contributed by atoms with Crippen LogP contribution in [0.5, 0.6) is 0 Å². The van der Waals surface area contributed by atoms with Crippen molar-refractivity contribution in [2.45, 2.75) is 31.9 Å². The SMILES string of the molecule is FC(F)(F)c1nc2cccc(CCC3CC3)n2n1. The second kappa shape index (κ2) is 3.96. The summed E-state index contributed by atoms with van der Waals surface area (Å²) in [4.78, 5) is 3.51. The summed E-state index contributed by atoms with van der Waals surface area (Å²) in [5.41, 5.74) is 1.05. The zero-order valence-corrected chi connectivity index (χ0v) is 9.61. The van der Waals surface area contributed by atoms with Crippen LogP contribution in [0.3, 0.4) is 0 Å². The summed E-state index contributed by atoms with van der Waals surface area (Å²) < 4.78 is 38.9. The van der Waals surface area contributed by atoms with Gasteiger partial charge in [0.1, 0.15) is 0 Å². The maximum atomic E-state index is 12.5. The molecule has 18 heavy (non-hydrogen) atoms. The molecule has 1 aliphatic rings. The Labute approximate surface area is 102 Å². The summed E-state index contributed by atoms with van der Waals surface area (Å²) in [5.74, 6) is -0.327. The molecule has 0 atom stereocenters. The molecule has 0 radical (unpaired) electrons. The van der Waals surface area contributed by atoms with Crippen LogP contribution in [0.25, 0.3) is 5.65 Å². The van der Waals surface area contributed by atoms with Crippen LogP contribution >= 0.6 is 0 Å². The summed E-state index contributed by atoms with van der Waals surface area (Å²) in [6, 6.07) is 5.08. The van der Waals surface area contributed by atoms with Crippen LogP contribution in [-0.2, 0) is 12.6 Å². The number of alkyl halides is 3. The molecule has 6 heteroatoms. The van der Waals surface area contributed by atoms with Crippen molar-refractivity contribution in [2.24, 2.45) is 5.92 Å². The first-order chi connectivity index (χ1) is 8.54. The zero-order chi connectivity index (χ0) is 12.8. The summed E-state index contributed by atoms with van der Waals surface area (Å²) >= 11 is 0. The Morgan fingerprint density at radius 1 is 1.28 bits per heavy atom. The number of hydrogen-bond donors (Lipinski definition) is 0. The normalized spacial score (nSPS) is 16.4. The lowest BCUT2D eigenvalue weighted by Crippen LogP contribution is -2.08. The number of aromatic nitrogens is 3. The molecule has 0 aliphatic heterocycles. The number of hydrogen-bond acceptors (Lipinski definition) is 2. The van der Waals surface area contributed by atoms with E-state index in [1.165, 1.54) is 17.4 Å². The Bertz CT molecular complexity index is 569. The fraction of sp³-hybridized carbons (Fsp3) is 0.500. The van der Waals surface area contributed by atoms with Gasteiger partial charge in [-0.05, 0) is 30.9 Å². The van der Waals surface area contributed by atoms with E-state index in [0.29, 0.717) is 0 Å². The average Bonchev–Trinajstić information content (AvgIpc) is 3.01. The first-order valence-corrected chi connectivity index (χ1v) is 5.96. The highest BCUT2D eigenvalue weighted by molar-refractivity contribution is 5.39. The minimum atomic E-state index is -4.49. The van der Waals surface area contributed by atoms with Gasteiger partial charge in [0.05, 0.1) is 0 Å². The average molecular weight is 255 g/mol. The lowest BCUT2D eigenvalue weighted by atomic mass is 10.1. The standard InChI is InChI=1S/C12H12F3N3/c13-12(14,15)11-16-10-3-1-2-9(18(10)17-11)7-6-8-4-5-8/h1-3,8H,4-7H2. The fourth-order valence-electron chi connectivity index (χ4n) is 2.03. The third-order valence-corrected chi connectivity index (χ3v) is 3.20. The van der Waals surface area contributed by atoms with Crippen molar-refractivity contribution in [3.8, 4) is 0 Å². The van der Waals surface area contributed by atoms with Crippen molar-refractivity contribution in [3.63, 3.8) is 0 Å². The molecule has 0 unspecified atom stereocenters. The van der Waals surface area contributed by atoms with E-state index in [1.54, 1.807) is 12.1 Å². The summed E-state index contributed by atoms with van der Waals surface area (Å²) in [7, 11) is 0. The molecule has 0 N–H and O–H groups in total. The number of pyridine rings is 1. The topological polar surface area (TPSA) is 30.2 Å². The molecule has 1 saturated carbocycles. The minimum absolute atomic E-state index is 0.260. The highest BCUT2D eigenvalue weighted by Crippen LogP contribution is 2.33. The van der Waals surface area contributed by atoms with E-state index in [9.17, 15) is 13.2 Å². The van der Waals surface area contributed by atoms with Crippen LogP contribution in [0.2, 0.25) is 0 Å². The van der Waals surface area contributed by atoms with Crippen molar-refractivity contribution >= 4 is 5.65 Å². The van der Waals surface area contributed by atoms with Gasteiger partial charge in [-0.3, -0.25) is 0 Å². The summed E-state index contributed by atoms with van der Waals surface area (Å²) in [6.07, 6.45) is -0.245. The van der Waals surface area contributed by atoms with E-state index in [-0.39, 0.29) is 5.65 Å². The van der Waals surface area contributed by atoms with Crippen LogP contribution < -0.4 is 0 Å². The quantitative estimate of drug-likeness (QED) is 0.843. The van der Waals surface area contributed by atoms with Crippen molar-refractivity contribution in [2.75, 3.05) is 0 Å². The molecule has 0 saturated heterocycles. The summed E-state index contributed by atoms with van der Waals surface area (Å²) in [5, 5.41) is 3.56. The predicted molar refractivity (Wildman–Crippen MR) is 59.0 cm³/mol. The molecule has 0 aromatic carbocycles. The van der Waals surface area contributed by atoms with E-state index in [4.69, 9.17) is 0 Å². The highest BCUT2D eigenvalue weighted by atomic mass is 19.4. The van der Waals surface area contributed by atoms with Crippen LogP contribution in [0.1, 0.15) is 30.8 Å². The number of nitrogens with zero attached hydrogens (tertiary/aromatic N) is 3. The molecular weight excluding hydrogens is 243 g/mol. The molecule has 2 aromatic rings. The van der Waals surface area contributed by atoms with Gasteiger partial charge in [0, 0.05) is 5.69 Å². The molecule has 1 aliphatic carbocycles. The van der Waals surface area contributed by atoms with Crippen molar-refractivity contribution in [3.05, 3.63) is 29.7 Å². The lowest BCUT2D eigenvalue weighted by molar-refractivity contribution is -0.144. The largest absolute Gasteiger partial charge is 0.453 e. The van der Waals surface area contributed by atoms with Gasteiger partial charge in [-0.1, -0.05) is 18.9 Å². The molecule has 0 spiro atoms. The Morgan fingerprint density at radius 2 is 2.06 bits per heavy atom. The number of aryl methyl sites for hydroxylation is 1. The minimum Gasteiger partial charge on any atom is -0.217 e. The monoisotopic (exact) mass is 255 g/mol. The molecule has 3 rings (SSSR count). The molecule has 1 fully saturated rings. The Balaban J connectivity index is 1.95. The van der Waals surface area contributed by atoms with Gasteiger partial charge in [-0.25, -0.2) is 9.50 Å². The van der Waals surface area contributed by atoms with Gasteiger partial charge in [0.15, 0.2) is 5.65 Å². The van der Waals surface area contributed by atoms with Crippen LogP contribution in [0, 0.1) is 5.92 Å².